The molecule has 1 aliphatic rings. The Morgan fingerprint density at radius 1 is 1.26 bits per heavy atom. The molecule has 122 valence electrons. The molecule has 1 aliphatic carbocycles. The zero-order chi connectivity index (χ0) is 16.1. The van der Waals surface area contributed by atoms with Crippen LogP contribution < -0.4 is 5.32 Å². The molecule has 0 saturated heterocycles. The third-order valence-corrected chi connectivity index (χ3v) is 6.30. The van der Waals surface area contributed by atoms with Gasteiger partial charge in [-0.3, -0.25) is 9.59 Å². The number of hydrogen-bond donors (Lipinski definition) is 1. The van der Waals surface area contributed by atoms with E-state index in [1.165, 1.54) is 43.3 Å². The van der Waals surface area contributed by atoms with Crippen LogP contribution in [0.5, 0.6) is 0 Å². The van der Waals surface area contributed by atoms with Crippen LogP contribution in [-0.2, 0) is 11.3 Å². The Bertz CT molecular complexity index is 657. The maximum atomic E-state index is 12.1. The fraction of sp³-hybridized carbons (Fsp3) is 0.412. The molecule has 0 unspecified atom stereocenters. The molecule has 2 aromatic rings. The van der Waals surface area contributed by atoms with E-state index in [1.807, 2.05) is 6.07 Å². The minimum absolute atomic E-state index is 0.0641. The van der Waals surface area contributed by atoms with Gasteiger partial charge in [0.05, 0.1) is 23.4 Å². The first-order chi connectivity index (χ1) is 11.2. The molecule has 0 radical (unpaired) electrons. The smallest absolute Gasteiger partial charge is 0.238 e. The van der Waals surface area contributed by atoms with Gasteiger partial charge in [-0.25, -0.2) is 0 Å². The van der Waals surface area contributed by atoms with Crippen LogP contribution in [0.3, 0.4) is 0 Å². The van der Waals surface area contributed by atoms with E-state index in [0.29, 0.717) is 28.2 Å². The molecule has 0 aliphatic heterocycles. The summed E-state index contributed by atoms with van der Waals surface area (Å²) < 4.78 is 5.12. The second-order valence-corrected chi connectivity index (χ2v) is 8.02. The summed E-state index contributed by atoms with van der Waals surface area (Å²) in [4.78, 5) is 25.6. The topological polar surface area (TPSA) is 59.3 Å². The van der Waals surface area contributed by atoms with E-state index in [0.717, 1.165) is 4.88 Å². The average molecular weight is 349 g/mol. The standard InChI is InChI=1S/C17H19NO3S2/c19-16(11-22-12-4-1-2-5-12)18-10-13-7-8-15(23-13)17(20)14-6-3-9-21-14/h3,6-9,12H,1-2,4-5,10-11H2,(H,18,19). The van der Waals surface area contributed by atoms with Crippen LogP contribution in [0.25, 0.3) is 0 Å². The van der Waals surface area contributed by atoms with E-state index < -0.39 is 0 Å². The lowest BCUT2D eigenvalue weighted by molar-refractivity contribution is -0.118. The van der Waals surface area contributed by atoms with Crippen molar-refractivity contribution in [2.24, 2.45) is 0 Å². The van der Waals surface area contributed by atoms with Crippen LogP contribution in [0.4, 0.5) is 0 Å². The van der Waals surface area contributed by atoms with Crippen molar-refractivity contribution in [1.82, 2.24) is 5.32 Å². The fourth-order valence-corrected chi connectivity index (χ4v) is 4.66. The highest BCUT2D eigenvalue weighted by molar-refractivity contribution is 8.00. The molecule has 0 atom stereocenters. The van der Waals surface area contributed by atoms with Crippen LogP contribution in [0, 0.1) is 0 Å². The molecule has 0 aromatic carbocycles. The summed E-state index contributed by atoms with van der Waals surface area (Å²) in [7, 11) is 0. The quantitative estimate of drug-likeness (QED) is 0.771. The highest BCUT2D eigenvalue weighted by Crippen LogP contribution is 2.29. The van der Waals surface area contributed by atoms with Crippen molar-refractivity contribution in [2.45, 2.75) is 37.5 Å². The Balaban J connectivity index is 1.45. The maximum Gasteiger partial charge on any atom is 0.238 e. The number of hydrogen-bond acceptors (Lipinski definition) is 5. The highest BCUT2D eigenvalue weighted by atomic mass is 32.2. The third kappa shape index (κ3) is 4.48. The summed E-state index contributed by atoms with van der Waals surface area (Å²) in [6.45, 7) is 0.472. The zero-order valence-corrected chi connectivity index (χ0v) is 14.4. The molecule has 23 heavy (non-hydrogen) atoms. The summed E-state index contributed by atoms with van der Waals surface area (Å²) in [5.41, 5.74) is 0. The molecular formula is C17H19NO3S2. The lowest BCUT2D eigenvalue weighted by atomic mass is 10.2. The largest absolute Gasteiger partial charge is 0.461 e. The molecule has 1 N–H and O–H groups in total. The van der Waals surface area contributed by atoms with Crippen molar-refractivity contribution in [3.8, 4) is 0 Å². The first kappa shape index (κ1) is 16.3. The van der Waals surface area contributed by atoms with Crippen LogP contribution >= 0.6 is 23.1 Å². The van der Waals surface area contributed by atoms with Crippen LogP contribution in [0.2, 0.25) is 0 Å². The number of nitrogens with one attached hydrogen (secondary N) is 1. The second-order valence-electron chi connectivity index (χ2n) is 5.57. The number of ketones is 1. The summed E-state index contributed by atoms with van der Waals surface area (Å²) in [6.07, 6.45) is 6.55. The molecule has 3 rings (SSSR count). The first-order valence-corrected chi connectivity index (χ1v) is 9.64. The van der Waals surface area contributed by atoms with Gasteiger partial charge < -0.3 is 9.73 Å². The van der Waals surface area contributed by atoms with Gasteiger partial charge in [-0.15, -0.1) is 23.1 Å². The molecule has 1 amide bonds. The number of furan rings is 1. The van der Waals surface area contributed by atoms with Crippen molar-refractivity contribution >= 4 is 34.8 Å². The van der Waals surface area contributed by atoms with Gasteiger partial charge in [-0.05, 0) is 37.1 Å². The van der Waals surface area contributed by atoms with Gasteiger partial charge in [0.1, 0.15) is 0 Å². The summed E-state index contributed by atoms with van der Waals surface area (Å²) >= 11 is 3.15. The molecule has 0 bridgehead atoms. The van der Waals surface area contributed by atoms with Crippen molar-refractivity contribution in [1.29, 1.82) is 0 Å². The van der Waals surface area contributed by atoms with Gasteiger partial charge in [0.15, 0.2) is 5.76 Å². The van der Waals surface area contributed by atoms with Crippen LogP contribution in [0.15, 0.2) is 34.9 Å². The number of thioether (sulfide) groups is 1. The van der Waals surface area contributed by atoms with Gasteiger partial charge in [0, 0.05) is 10.1 Å². The highest BCUT2D eigenvalue weighted by Gasteiger charge is 2.17. The van der Waals surface area contributed by atoms with Gasteiger partial charge in [-0.2, -0.15) is 0 Å². The van der Waals surface area contributed by atoms with Crippen molar-refractivity contribution in [3.63, 3.8) is 0 Å². The molecule has 6 heteroatoms. The van der Waals surface area contributed by atoms with E-state index in [4.69, 9.17) is 4.42 Å². The number of rotatable bonds is 7. The number of carbonyl (C=O) groups is 2. The predicted octanol–water partition coefficient (Wildman–Crippen LogP) is 3.86. The minimum atomic E-state index is -0.116. The van der Waals surface area contributed by atoms with Crippen LogP contribution in [0.1, 0.15) is 46.0 Å². The van der Waals surface area contributed by atoms with E-state index in [9.17, 15) is 9.59 Å². The predicted molar refractivity (Wildman–Crippen MR) is 93.0 cm³/mol. The minimum Gasteiger partial charge on any atom is -0.461 e. The Morgan fingerprint density at radius 3 is 2.83 bits per heavy atom. The molecule has 0 spiro atoms. The van der Waals surface area contributed by atoms with Crippen molar-refractivity contribution < 1.29 is 14.0 Å². The van der Waals surface area contributed by atoms with Gasteiger partial charge in [0.25, 0.3) is 0 Å². The summed E-state index contributed by atoms with van der Waals surface area (Å²) in [5, 5.41) is 3.58. The molecule has 1 saturated carbocycles. The third-order valence-electron chi connectivity index (χ3n) is 3.84. The van der Waals surface area contributed by atoms with E-state index in [-0.39, 0.29) is 11.7 Å². The zero-order valence-electron chi connectivity index (χ0n) is 12.7. The van der Waals surface area contributed by atoms with Crippen LogP contribution in [-0.4, -0.2) is 22.7 Å². The number of thiophene rings is 1. The van der Waals surface area contributed by atoms with E-state index in [1.54, 1.807) is 30.0 Å². The Labute approximate surface area is 143 Å². The number of carbonyl (C=O) groups excluding carboxylic acids is 2. The molecule has 4 nitrogen and oxygen atoms in total. The number of amides is 1. The summed E-state index contributed by atoms with van der Waals surface area (Å²) in [6, 6.07) is 7.02. The monoisotopic (exact) mass is 349 g/mol. The lowest BCUT2D eigenvalue weighted by Crippen LogP contribution is -2.24. The molecule has 2 heterocycles. The first-order valence-electron chi connectivity index (χ1n) is 7.77. The van der Waals surface area contributed by atoms with Gasteiger partial charge in [0.2, 0.25) is 11.7 Å². The Hall–Kier alpha value is -1.53. The second kappa shape index (κ2) is 7.84. The van der Waals surface area contributed by atoms with Gasteiger partial charge in [-0.1, -0.05) is 12.8 Å². The van der Waals surface area contributed by atoms with Gasteiger partial charge >= 0.3 is 0 Å². The molecule has 2 aromatic heterocycles. The summed E-state index contributed by atoms with van der Waals surface area (Å²) in [5.74, 6) is 0.813. The maximum absolute atomic E-state index is 12.1. The normalized spacial score (nSPS) is 15.0. The van der Waals surface area contributed by atoms with E-state index in [2.05, 4.69) is 5.32 Å². The van der Waals surface area contributed by atoms with Crippen molar-refractivity contribution in [3.05, 3.63) is 46.0 Å². The average Bonchev–Trinajstić information content (AvgIpc) is 3.33. The lowest BCUT2D eigenvalue weighted by Gasteiger charge is -2.08. The van der Waals surface area contributed by atoms with Crippen molar-refractivity contribution in [2.75, 3.05) is 5.75 Å². The molecule has 1 fully saturated rings. The van der Waals surface area contributed by atoms with E-state index >= 15 is 0 Å². The molecular weight excluding hydrogens is 330 g/mol. The Morgan fingerprint density at radius 2 is 2.09 bits per heavy atom. The fourth-order valence-electron chi connectivity index (χ4n) is 2.61. The SMILES string of the molecule is O=C(CSC1CCCC1)NCc1ccc(C(=O)c2ccco2)s1. The Kier molecular flexibility index (Phi) is 5.56.